The van der Waals surface area contributed by atoms with Gasteiger partial charge in [0.15, 0.2) is 0 Å². The molecule has 1 unspecified atom stereocenters. The highest BCUT2D eigenvalue weighted by atomic mass is 16.5. The van der Waals surface area contributed by atoms with E-state index in [-0.39, 0.29) is 11.7 Å². The first-order valence-electron chi connectivity index (χ1n) is 6.90. The second kappa shape index (κ2) is 9.00. The lowest BCUT2D eigenvalue weighted by Crippen LogP contribution is -2.43. The van der Waals surface area contributed by atoms with Crippen LogP contribution in [0.2, 0.25) is 0 Å². The summed E-state index contributed by atoms with van der Waals surface area (Å²) in [6, 6.07) is 0. The zero-order valence-corrected chi connectivity index (χ0v) is 11.6. The van der Waals surface area contributed by atoms with Crippen LogP contribution in [0, 0.1) is 0 Å². The molecular weight excluding hydrogens is 200 g/mol. The molecule has 0 aliphatic rings. The van der Waals surface area contributed by atoms with Gasteiger partial charge < -0.3 is 9.84 Å². The van der Waals surface area contributed by atoms with Crippen molar-refractivity contribution < 1.29 is 9.84 Å². The highest BCUT2D eigenvalue weighted by molar-refractivity contribution is 4.85. The van der Waals surface area contributed by atoms with Crippen LogP contribution in [-0.4, -0.2) is 23.9 Å². The normalized spacial score (nSPS) is 14.1. The Morgan fingerprint density at radius 3 is 2.00 bits per heavy atom. The van der Waals surface area contributed by atoms with Gasteiger partial charge in [-0.15, -0.1) is 0 Å². The maximum atomic E-state index is 10.2. The number of aliphatic hydroxyl groups excluding tert-OH is 1. The molecule has 0 saturated heterocycles. The van der Waals surface area contributed by atoms with Crippen molar-refractivity contribution in [2.75, 3.05) is 7.11 Å². The molecule has 0 spiro atoms. The molecule has 0 fully saturated rings. The third kappa shape index (κ3) is 4.84. The van der Waals surface area contributed by atoms with E-state index in [1.54, 1.807) is 7.11 Å². The number of ether oxygens (including phenoxy) is 1. The summed E-state index contributed by atoms with van der Waals surface area (Å²) in [5.74, 6) is 0. The maximum absolute atomic E-state index is 10.2. The molecular formula is C14H30O2. The van der Waals surface area contributed by atoms with Gasteiger partial charge in [0, 0.05) is 7.11 Å². The number of hydrogen-bond donors (Lipinski definition) is 1. The molecule has 98 valence electrons. The van der Waals surface area contributed by atoms with Crippen LogP contribution in [0.15, 0.2) is 0 Å². The lowest BCUT2D eigenvalue weighted by atomic mass is 9.87. The minimum Gasteiger partial charge on any atom is -0.390 e. The van der Waals surface area contributed by atoms with E-state index < -0.39 is 0 Å². The Hall–Kier alpha value is -0.0800. The van der Waals surface area contributed by atoms with Crippen molar-refractivity contribution in [2.24, 2.45) is 0 Å². The summed E-state index contributed by atoms with van der Waals surface area (Å²) >= 11 is 0. The van der Waals surface area contributed by atoms with Gasteiger partial charge in [0.25, 0.3) is 0 Å². The molecule has 0 aliphatic heterocycles. The zero-order chi connectivity index (χ0) is 12.4. The Balaban J connectivity index is 3.88. The van der Waals surface area contributed by atoms with Gasteiger partial charge in [-0.25, -0.2) is 0 Å². The molecule has 0 bridgehead atoms. The van der Waals surface area contributed by atoms with Gasteiger partial charge in [0.1, 0.15) is 0 Å². The Bertz CT molecular complexity index is 145. The molecule has 1 N–H and O–H groups in total. The van der Waals surface area contributed by atoms with Crippen LogP contribution in [0.25, 0.3) is 0 Å². The summed E-state index contributed by atoms with van der Waals surface area (Å²) in [7, 11) is 1.72. The van der Waals surface area contributed by atoms with Gasteiger partial charge >= 0.3 is 0 Å². The molecule has 0 heterocycles. The number of rotatable bonds is 10. The minimum atomic E-state index is -0.315. The summed E-state index contributed by atoms with van der Waals surface area (Å²) in [4.78, 5) is 0. The van der Waals surface area contributed by atoms with E-state index in [1.807, 2.05) is 0 Å². The van der Waals surface area contributed by atoms with Crippen LogP contribution >= 0.6 is 0 Å². The van der Waals surface area contributed by atoms with Crippen LogP contribution < -0.4 is 0 Å². The highest BCUT2D eigenvalue weighted by Crippen LogP contribution is 2.27. The van der Waals surface area contributed by atoms with E-state index >= 15 is 0 Å². The predicted octanol–water partition coefficient (Wildman–Crippen LogP) is 3.91. The van der Waals surface area contributed by atoms with Crippen LogP contribution in [-0.2, 0) is 4.74 Å². The largest absolute Gasteiger partial charge is 0.390 e. The van der Waals surface area contributed by atoms with Crippen molar-refractivity contribution in [3.8, 4) is 0 Å². The molecule has 0 radical (unpaired) electrons. The second-order valence-electron chi connectivity index (χ2n) is 4.69. The monoisotopic (exact) mass is 230 g/mol. The third-order valence-corrected chi connectivity index (χ3v) is 3.79. The van der Waals surface area contributed by atoms with E-state index in [1.165, 1.54) is 25.7 Å². The van der Waals surface area contributed by atoms with Gasteiger partial charge in [-0.3, -0.25) is 0 Å². The van der Waals surface area contributed by atoms with Crippen molar-refractivity contribution in [3.05, 3.63) is 0 Å². The van der Waals surface area contributed by atoms with Crippen molar-refractivity contribution in [1.82, 2.24) is 0 Å². The quantitative estimate of drug-likeness (QED) is 0.576. The van der Waals surface area contributed by atoms with E-state index in [9.17, 15) is 5.11 Å². The minimum absolute atomic E-state index is 0.311. The smallest absolute Gasteiger partial charge is 0.0931 e. The van der Waals surface area contributed by atoms with Crippen LogP contribution in [0.5, 0.6) is 0 Å². The average molecular weight is 230 g/mol. The molecule has 0 aliphatic carbocycles. The first kappa shape index (κ1) is 15.9. The topological polar surface area (TPSA) is 29.5 Å². The van der Waals surface area contributed by atoms with E-state index in [2.05, 4.69) is 20.8 Å². The maximum Gasteiger partial charge on any atom is 0.0931 e. The fourth-order valence-corrected chi connectivity index (χ4v) is 2.35. The lowest BCUT2D eigenvalue weighted by molar-refractivity contribution is -0.110. The number of hydrogen-bond acceptors (Lipinski definition) is 2. The van der Waals surface area contributed by atoms with Gasteiger partial charge in [-0.2, -0.15) is 0 Å². The summed E-state index contributed by atoms with van der Waals surface area (Å²) in [6.45, 7) is 6.40. The molecule has 0 aromatic heterocycles. The number of unbranched alkanes of at least 4 members (excludes halogenated alkanes) is 4. The van der Waals surface area contributed by atoms with E-state index in [0.29, 0.717) is 0 Å². The first-order chi connectivity index (χ1) is 7.66. The number of aliphatic hydroxyl groups is 1. The lowest BCUT2D eigenvalue weighted by Gasteiger charge is -2.35. The predicted molar refractivity (Wildman–Crippen MR) is 69.7 cm³/mol. The average Bonchev–Trinajstić information content (AvgIpc) is 2.32. The molecule has 0 aromatic carbocycles. The van der Waals surface area contributed by atoms with Gasteiger partial charge in [-0.1, -0.05) is 52.9 Å². The fourth-order valence-electron chi connectivity index (χ4n) is 2.35. The summed E-state index contributed by atoms with van der Waals surface area (Å²) in [5, 5.41) is 10.2. The summed E-state index contributed by atoms with van der Waals surface area (Å²) < 4.78 is 5.53. The fraction of sp³-hybridized carbons (Fsp3) is 1.00. The van der Waals surface area contributed by atoms with Crippen molar-refractivity contribution in [1.29, 1.82) is 0 Å². The van der Waals surface area contributed by atoms with E-state index in [4.69, 9.17) is 4.74 Å². The molecule has 16 heavy (non-hydrogen) atoms. The Labute approximate surface area is 101 Å². The first-order valence-corrected chi connectivity index (χ1v) is 6.90. The molecule has 0 saturated carbocycles. The van der Waals surface area contributed by atoms with Crippen LogP contribution in [0.1, 0.15) is 72.1 Å². The molecule has 0 rings (SSSR count). The van der Waals surface area contributed by atoms with Crippen LogP contribution in [0.3, 0.4) is 0 Å². The Kier molecular flexibility index (Phi) is 8.96. The van der Waals surface area contributed by atoms with Crippen molar-refractivity contribution in [2.45, 2.75) is 83.8 Å². The van der Waals surface area contributed by atoms with Gasteiger partial charge in [0.2, 0.25) is 0 Å². The van der Waals surface area contributed by atoms with Crippen LogP contribution in [0.4, 0.5) is 0 Å². The van der Waals surface area contributed by atoms with Crippen molar-refractivity contribution in [3.63, 3.8) is 0 Å². The van der Waals surface area contributed by atoms with Gasteiger partial charge in [0.05, 0.1) is 11.7 Å². The Morgan fingerprint density at radius 2 is 1.56 bits per heavy atom. The van der Waals surface area contributed by atoms with E-state index in [0.717, 1.165) is 25.7 Å². The Morgan fingerprint density at radius 1 is 1.00 bits per heavy atom. The molecule has 2 heteroatoms. The van der Waals surface area contributed by atoms with Gasteiger partial charge in [-0.05, 0) is 19.3 Å². The SMILES string of the molecule is CCCCCCCC(O)C(CC)(CC)OC. The molecule has 0 aromatic rings. The molecule has 1 atom stereocenters. The molecule has 2 nitrogen and oxygen atoms in total. The number of methoxy groups -OCH3 is 1. The highest BCUT2D eigenvalue weighted by Gasteiger charge is 2.33. The standard InChI is InChI=1S/C14H30O2/c1-5-8-9-10-11-12-13(15)14(6-2,7-3)16-4/h13,15H,5-12H2,1-4H3. The third-order valence-electron chi connectivity index (χ3n) is 3.79. The van der Waals surface area contributed by atoms with Crippen molar-refractivity contribution >= 4 is 0 Å². The summed E-state index contributed by atoms with van der Waals surface area (Å²) in [6.07, 6.45) is 8.56. The molecule has 0 amide bonds. The summed E-state index contributed by atoms with van der Waals surface area (Å²) in [5.41, 5.74) is -0.315. The second-order valence-corrected chi connectivity index (χ2v) is 4.69. The zero-order valence-electron chi connectivity index (χ0n) is 11.6.